The molecule has 2 nitrogen and oxygen atoms in total. The minimum atomic E-state index is -0.376. The van der Waals surface area contributed by atoms with Gasteiger partial charge in [-0.3, -0.25) is 0 Å². The van der Waals surface area contributed by atoms with E-state index in [0.717, 1.165) is 0 Å². The van der Waals surface area contributed by atoms with Crippen LogP contribution in [0.1, 0.15) is 14.2 Å². The van der Waals surface area contributed by atoms with Gasteiger partial charge in [0.2, 0.25) is 0 Å². The van der Waals surface area contributed by atoms with Crippen LogP contribution in [0.15, 0.2) is 23.8 Å². The maximum Gasteiger partial charge on any atom is 0.333 e. The minimum absolute atomic E-state index is 0.374. The van der Waals surface area contributed by atoms with Crippen molar-refractivity contribution in [1.29, 1.82) is 0 Å². The van der Waals surface area contributed by atoms with Gasteiger partial charge in [-0.2, -0.15) is 0 Å². The van der Waals surface area contributed by atoms with Gasteiger partial charge in [-0.1, -0.05) is 18.2 Å². The lowest BCUT2D eigenvalue weighted by Crippen LogP contribution is -2.05. The van der Waals surface area contributed by atoms with Gasteiger partial charge in [0.05, 0.1) is 8.48 Å². The number of hydrogen-bond donors (Lipinski definition) is 0. The van der Waals surface area contributed by atoms with Gasteiger partial charge in [0.15, 0.2) is 0 Å². The van der Waals surface area contributed by atoms with E-state index in [2.05, 4.69) is 4.74 Å². The molecule has 0 unspecified atom stereocenters. The Morgan fingerprint density at radius 3 is 3.20 bits per heavy atom. The van der Waals surface area contributed by atoms with Gasteiger partial charge in [0.25, 0.3) is 0 Å². The quantitative estimate of drug-likeness (QED) is 0.406. The third kappa shape index (κ3) is 1.47. The van der Waals surface area contributed by atoms with E-state index in [1.54, 1.807) is 0 Å². The second-order valence-corrected chi connectivity index (χ2v) is 2.03. The van der Waals surface area contributed by atoms with E-state index < -0.39 is 0 Å². The molecule has 0 radical (unpaired) electrons. The molecule has 1 aliphatic rings. The Morgan fingerprint density at radius 2 is 2.60 bits per heavy atom. The summed E-state index contributed by atoms with van der Waals surface area (Å²) in [5.74, 6) is -0.376. The molecule has 0 atom stereocenters. The van der Waals surface area contributed by atoms with Crippen molar-refractivity contribution >= 4 is 5.97 Å². The highest BCUT2D eigenvalue weighted by Crippen LogP contribution is 2.11. The topological polar surface area (TPSA) is 26.3 Å². The van der Waals surface area contributed by atoms with Gasteiger partial charge < -0.3 is 4.74 Å². The van der Waals surface area contributed by atoms with Crippen molar-refractivity contribution in [2.24, 2.45) is 0 Å². The molecule has 0 N–H and O–H groups in total. The zero-order valence-electron chi connectivity index (χ0n) is 6.89. The molecule has 0 aromatic heterocycles. The Balaban J connectivity index is 2.76. The summed E-state index contributed by atoms with van der Waals surface area (Å²) in [5, 5.41) is 0. The Bertz CT molecular complexity index is 228. The summed E-state index contributed by atoms with van der Waals surface area (Å²) in [6, 6.07) is 0.374. The maximum absolute atomic E-state index is 10.9. The van der Waals surface area contributed by atoms with Gasteiger partial charge in [-0.15, -0.1) is 0 Å². The lowest BCUT2D eigenvalue weighted by atomic mass is 10.1. The second kappa shape index (κ2) is 3.20. The number of rotatable bonds is 1. The van der Waals surface area contributed by atoms with Crippen molar-refractivity contribution in [3.8, 4) is 0 Å². The second-order valence-electron chi connectivity index (χ2n) is 2.03. The van der Waals surface area contributed by atoms with Crippen molar-refractivity contribution in [3.63, 3.8) is 0 Å². The van der Waals surface area contributed by atoms with Gasteiger partial charge >= 0.3 is 5.97 Å². The molecule has 0 fully saturated rings. The number of allylic oxidation sites excluding steroid dienone is 3. The number of esters is 1. The van der Waals surface area contributed by atoms with Crippen LogP contribution in [0.2, 0.25) is 0 Å². The molecule has 0 aliphatic heterocycles. The molecule has 2 heteroatoms. The summed E-state index contributed by atoms with van der Waals surface area (Å²) in [7, 11) is 1.33. The first kappa shape index (κ1) is 5.71. The Hall–Kier alpha value is -1.05. The molecule has 0 amide bonds. The van der Waals surface area contributed by atoms with Crippen molar-refractivity contribution < 1.29 is 10.9 Å². The van der Waals surface area contributed by atoms with E-state index in [-0.39, 0.29) is 5.97 Å². The number of carbonyl (C=O) groups is 1. The third-order valence-electron chi connectivity index (χ3n) is 1.35. The molecule has 54 valence electrons. The van der Waals surface area contributed by atoms with Crippen LogP contribution < -0.4 is 0 Å². The molecule has 1 rings (SSSR count). The van der Waals surface area contributed by atoms with E-state index in [1.807, 2.05) is 12.2 Å². The number of ether oxygens (including phenoxy) is 1. The first-order valence-electron chi connectivity index (χ1n) is 3.67. The summed E-state index contributed by atoms with van der Waals surface area (Å²) < 4.78 is 11.9. The standard InChI is InChI=1S/C8H10O2/c1-10-8(9)7-5-3-2-4-6-7/h2-3,6H,4-5H2,1H3/i6D. The van der Waals surface area contributed by atoms with Crippen molar-refractivity contribution in [3.05, 3.63) is 23.8 Å². The molecule has 0 heterocycles. The predicted octanol–water partition coefficient (Wildman–Crippen LogP) is 1.44. The Kier molecular flexibility index (Phi) is 1.83. The molecule has 0 bridgehead atoms. The molecule has 0 aromatic carbocycles. The van der Waals surface area contributed by atoms with Crippen LogP contribution in [-0.2, 0) is 9.53 Å². The SMILES string of the molecule is [2H]C1=C(C(=O)OC)CC=CC1. The molecule has 10 heavy (non-hydrogen) atoms. The van der Waals surface area contributed by atoms with Crippen LogP contribution in [0.25, 0.3) is 0 Å². The number of hydrogen-bond acceptors (Lipinski definition) is 2. The van der Waals surface area contributed by atoms with Crippen LogP contribution in [0.3, 0.4) is 0 Å². The van der Waals surface area contributed by atoms with Crippen LogP contribution >= 0.6 is 0 Å². The fourth-order valence-corrected chi connectivity index (χ4v) is 0.818. The lowest BCUT2D eigenvalue weighted by Gasteiger charge is -2.04. The predicted molar refractivity (Wildman–Crippen MR) is 38.5 cm³/mol. The zero-order chi connectivity index (χ0) is 8.27. The molecular weight excluding hydrogens is 128 g/mol. The number of methoxy groups -OCH3 is 1. The minimum Gasteiger partial charge on any atom is -0.466 e. The van der Waals surface area contributed by atoms with E-state index in [4.69, 9.17) is 1.37 Å². The molecule has 0 saturated heterocycles. The normalized spacial score (nSPS) is 18.7. The lowest BCUT2D eigenvalue weighted by molar-refractivity contribution is -0.136. The van der Waals surface area contributed by atoms with Crippen LogP contribution in [0.4, 0.5) is 0 Å². The number of carbonyl (C=O) groups excluding carboxylic acids is 1. The molecule has 0 spiro atoms. The highest BCUT2D eigenvalue weighted by Gasteiger charge is 2.07. The Labute approximate surface area is 61.6 Å². The van der Waals surface area contributed by atoms with E-state index in [0.29, 0.717) is 24.5 Å². The molecular formula is C8H10O2. The van der Waals surface area contributed by atoms with Crippen LogP contribution in [0.5, 0.6) is 0 Å². The molecule has 0 aromatic rings. The molecule has 1 aliphatic carbocycles. The summed E-state index contributed by atoms with van der Waals surface area (Å²) in [4.78, 5) is 10.9. The maximum atomic E-state index is 10.9. The first-order chi connectivity index (χ1) is 5.25. The highest BCUT2D eigenvalue weighted by molar-refractivity contribution is 5.88. The summed E-state index contributed by atoms with van der Waals surface area (Å²) in [6.45, 7) is 0. The zero-order valence-corrected chi connectivity index (χ0v) is 5.89. The van der Waals surface area contributed by atoms with Crippen molar-refractivity contribution in [2.75, 3.05) is 7.11 Å². The van der Waals surface area contributed by atoms with Crippen molar-refractivity contribution in [1.82, 2.24) is 0 Å². The van der Waals surface area contributed by atoms with Gasteiger partial charge in [-0.25, -0.2) is 4.79 Å². The molecule has 0 saturated carbocycles. The van der Waals surface area contributed by atoms with Gasteiger partial charge in [0, 0.05) is 5.57 Å². The van der Waals surface area contributed by atoms with E-state index in [1.165, 1.54) is 7.11 Å². The fourth-order valence-electron chi connectivity index (χ4n) is 0.818. The highest BCUT2D eigenvalue weighted by atomic mass is 16.5. The average molecular weight is 139 g/mol. The monoisotopic (exact) mass is 139 g/mol. The van der Waals surface area contributed by atoms with Gasteiger partial charge in [0.1, 0.15) is 0 Å². The first-order valence-corrected chi connectivity index (χ1v) is 3.17. The third-order valence-corrected chi connectivity index (χ3v) is 1.35. The van der Waals surface area contributed by atoms with E-state index in [9.17, 15) is 4.79 Å². The summed E-state index contributed by atoms with van der Waals surface area (Å²) in [6.07, 6.45) is 4.84. The Morgan fingerprint density at radius 1 is 1.80 bits per heavy atom. The largest absolute Gasteiger partial charge is 0.466 e. The summed E-state index contributed by atoms with van der Waals surface area (Å²) >= 11 is 0. The summed E-state index contributed by atoms with van der Waals surface area (Å²) in [5.41, 5.74) is 0.481. The van der Waals surface area contributed by atoms with Crippen molar-refractivity contribution in [2.45, 2.75) is 12.8 Å². The smallest absolute Gasteiger partial charge is 0.333 e. The van der Waals surface area contributed by atoms with E-state index >= 15 is 0 Å². The van der Waals surface area contributed by atoms with Gasteiger partial charge in [-0.05, 0) is 12.8 Å². The fraction of sp³-hybridized carbons (Fsp3) is 0.375. The average Bonchev–Trinajstić information content (AvgIpc) is 2.04. The van der Waals surface area contributed by atoms with Crippen LogP contribution in [0, 0.1) is 0 Å². The van der Waals surface area contributed by atoms with Crippen LogP contribution in [-0.4, -0.2) is 13.1 Å².